The predicted molar refractivity (Wildman–Crippen MR) is 139 cm³/mol. The number of amides is 2. The van der Waals surface area contributed by atoms with Gasteiger partial charge in [0.2, 0.25) is 5.91 Å². The summed E-state index contributed by atoms with van der Waals surface area (Å²) in [6.07, 6.45) is 2.81. The number of rotatable bonds is 9. The zero-order valence-electron chi connectivity index (χ0n) is 20.5. The van der Waals surface area contributed by atoms with Crippen LogP contribution in [0.1, 0.15) is 52.8 Å². The topological polar surface area (TPSA) is 62.7 Å². The Morgan fingerprint density at radius 3 is 2.49 bits per heavy atom. The summed E-state index contributed by atoms with van der Waals surface area (Å²) in [7, 11) is 0. The van der Waals surface area contributed by atoms with Crippen molar-refractivity contribution in [2.24, 2.45) is 0 Å². The van der Waals surface area contributed by atoms with Gasteiger partial charge in [0.1, 0.15) is 17.4 Å². The predicted octanol–water partition coefficient (Wildman–Crippen LogP) is 5.12. The molecule has 35 heavy (non-hydrogen) atoms. The lowest BCUT2D eigenvalue weighted by Crippen LogP contribution is -2.49. The van der Waals surface area contributed by atoms with E-state index >= 15 is 0 Å². The van der Waals surface area contributed by atoms with Gasteiger partial charge in [0.25, 0.3) is 5.91 Å². The molecule has 1 aliphatic rings. The van der Waals surface area contributed by atoms with Crippen LogP contribution in [0.15, 0.2) is 60.0 Å². The van der Waals surface area contributed by atoms with E-state index in [9.17, 15) is 9.59 Å². The van der Waals surface area contributed by atoms with Gasteiger partial charge in [0, 0.05) is 36.6 Å². The van der Waals surface area contributed by atoms with Crippen molar-refractivity contribution < 1.29 is 14.3 Å². The van der Waals surface area contributed by atoms with E-state index in [1.165, 1.54) is 16.9 Å². The number of carbonyl (C=O) groups excluding carboxylic acids is 2. The van der Waals surface area contributed by atoms with E-state index in [0.717, 1.165) is 47.8 Å². The second-order valence-electron chi connectivity index (χ2n) is 8.99. The molecular weight excluding hydrogens is 458 g/mol. The van der Waals surface area contributed by atoms with Gasteiger partial charge < -0.3 is 14.5 Å². The summed E-state index contributed by atoms with van der Waals surface area (Å²) >= 11 is 1.52. The van der Waals surface area contributed by atoms with Crippen LogP contribution in [0.5, 0.6) is 5.75 Å². The van der Waals surface area contributed by atoms with Crippen LogP contribution in [0.2, 0.25) is 0 Å². The Morgan fingerprint density at radius 2 is 1.80 bits per heavy atom. The summed E-state index contributed by atoms with van der Waals surface area (Å²) in [4.78, 5) is 34.5. The van der Waals surface area contributed by atoms with Crippen molar-refractivity contribution in [3.63, 3.8) is 0 Å². The van der Waals surface area contributed by atoms with Gasteiger partial charge in [0.15, 0.2) is 0 Å². The number of ether oxygens (including phenoxy) is 1. The van der Waals surface area contributed by atoms with Crippen molar-refractivity contribution in [1.82, 2.24) is 14.8 Å². The van der Waals surface area contributed by atoms with Gasteiger partial charge in [-0.25, -0.2) is 4.98 Å². The maximum Gasteiger partial charge on any atom is 0.253 e. The van der Waals surface area contributed by atoms with Crippen LogP contribution in [0.3, 0.4) is 0 Å². The van der Waals surface area contributed by atoms with Crippen LogP contribution < -0.4 is 4.74 Å². The average molecular weight is 492 g/mol. The minimum absolute atomic E-state index is 0.0697. The molecule has 7 heteroatoms. The minimum Gasteiger partial charge on any atom is -0.486 e. The SMILES string of the molecule is CCCN(C(=O)Cc1csc(COc2ccc(C)cc2)n1)C1CCN(C(=O)c2ccccc2)CC1. The molecule has 1 aromatic heterocycles. The van der Waals surface area contributed by atoms with Gasteiger partial charge in [-0.05, 0) is 50.5 Å². The zero-order valence-corrected chi connectivity index (χ0v) is 21.3. The van der Waals surface area contributed by atoms with Crippen molar-refractivity contribution in [3.05, 3.63) is 81.8 Å². The Hall–Kier alpha value is -3.19. The third-order valence-electron chi connectivity index (χ3n) is 6.31. The quantitative estimate of drug-likeness (QED) is 0.417. The molecule has 184 valence electrons. The molecule has 2 aromatic carbocycles. The Labute approximate surface area is 211 Å². The standard InChI is InChI=1S/C28H33N3O3S/c1-3-15-31(24-13-16-30(17-14-24)28(33)22-7-5-4-6-8-22)27(32)18-23-20-35-26(29-23)19-34-25-11-9-21(2)10-12-25/h4-12,20,24H,3,13-19H2,1-2H3. The van der Waals surface area contributed by atoms with E-state index in [1.807, 2.05) is 76.7 Å². The highest BCUT2D eigenvalue weighted by molar-refractivity contribution is 7.09. The molecule has 1 aliphatic heterocycles. The normalized spacial score (nSPS) is 14.1. The van der Waals surface area contributed by atoms with Crippen molar-refractivity contribution >= 4 is 23.2 Å². The maximum absolute atomic E-state index is 13.2. The summed E-state index contributed by atoms with van der Waals surface area (Å²) in [6.45, 7) is 6.60. The second-order valence-corrected chi connectivity index (χ2v) is 9.93. The number of hydrogen-bond donors (Lipinski definition) is 0. The third-order valence-corrected chi connectivity index (χ3v) is 7.18. The van der Waals surface area contributed by atoms with Gasteiger partial charge >= 0.3 is 0 Å². The molecule has 2 amide bonds. The number of aromatic nitrogens is 1. The molecule has 0 bridgehead atoms. The van der Waals surface area contributed by atoms with Gasteiger partial charge in [-0.2, -0.15) is 0 Å². The largest absolute Gasteiger partial charge is 0.486 e. The molecule has 1 saturated heterocycles. The summed E-state index contributed by atoms with van der Waals surface area (Å²) in [6, 6.07) is 17.5. The van der Waals surface area contributed by atoms with Gasteiger partial charge in [-0.3, -0.25) is 9.59 Å². The molecule has 6 nitrogen and oxygen atoms in total. The van der Waals surface area contributed by atoms with E-state index in [-0.39, 0.29) is 17.9 Å². The van der Waals surface area contributed by atoms with Crippen LogP contribution in [0, 0.1) is 6.92 Å². The monoisotopic (exact) mass is 491 g/mol. The first-order valence-electron chi connectivity index (χ1n) is 12.3. The smallest absolute Gasteiger partial charge is 0.253 e. The Balaban J connectivity index is 1.30. The number of piperidine rings is 1. The summed E-state index contributed by atoms with van der Waals surface area (Å²) in [5.74, 6) is 0.992. The highest BCUT2D eigenvalue weighted by atomic mass is 32.1. The molecular formula is C28H33N3O3S. The second kappa shape index (κ2) is 12.0. The number of likely N-dealkylation sites (tertiary alicyclic amines) is 1. The molecule has 0 unspecified atom stereocenters. The van der Waals surface area contributed by atoms with Crippen LogP contribution in [-0.2, 0) is 17.8 Å². The molecule has 3 aromatic rings. The minimum atomic E-state index is 0.0697. The molecule has 0 saturated carbocycles. The fraction of sp³-hybridized carbons (Fsp3) is 0.393. The number of benzene rings is 2. The van der Waals surface area contributed by atoms with Crippen LogP contribution >= 0.6 is 11.3 Å². The van der Waals surface area contributed by atoms with Crippen molar-refractivity contribution in [2.75, 3.05) is 19.6 Å². The van der Waals surface area contributed by atoms with Crippen molar-refractivity contribution in [3.8, 4) is 5.75 Å². The third kappa shape index (κ3) is 6.69. The summed E-state index contributed by atoms with van der Waals surface area (Å²) < 4.78 is 5.83. The Morgan fingerprint density at radius 1 is 1.09 bits per heavy atom. The average Bonchev–Trinajstić information content (AvgIpc) is 3.34. The van der Waals surface area contributed by atoms with Gasteiger partial charge in [-0.15, -0.1) is 11.3 Å². The van der Waals surface area contributed by atoms with E-state index in [4.69, 9.17) is 4.74 Å². The fourth-order valence-electron chi connectivity index (χ4n) is 4.43. The van der Waals surface area contributed by atoms with Crippen molar-refractivity contribution in [1.29, 1.82) is 0 Å². The number of thiazole rings is 1. The summed E-state index contributed by atoms with van der Waals surface area (Å²) in [5, 5.41) is 2.82. The molecule has 4 rings (SSSR count). The number of nitrogens with zero attached hydrogens (tertiary/aromatic N) is 3. The number of aryl methyl sites for hydroxylation is 1. The van der Waals surface area contributed by atoms with E-state index in [1.54, 1.807) is 0 Å². The molecule has 0 aliphatic carbocycles. The molecule has 0 radical (unpaired) electrons. The Kier molecular flexibility index (Phi) is 8.53. The zero-order chi connectivity index (χ0) is 24.6. The van der Waals surface area contributed by atoms with Crippen LogP contribution in [0.4, 0.5) is 0 Å². The lowest BCUT2D eigenvalue weighted by molar-refractivity contribution is -0.133. The number of hydrogen-bond acceptors (Lipinski definition) is 5. The first-order valence-corrected chi connectivity index (χ1v) is 13.2. The lowest BCUT2D eigenvalue weighted by Gasteiger charge is -2.38. The number of carbonyl (C=O) groups is 2. The lowest BCUT2D eigenvalue weighted by atomic mass is 10.0. The molecule has 1 fully saturated rings. The van der Waals surface area contributed by atoms with Gasteiger partial charge in [0.05, 0.1) is 12.1 Å². The van der Waals surface area contributed by atoms with Crippen LogP contribution in [-0.4, -0.2) is 52.3 Å². The highest BCUT2D eigenvalue weighted by Crippen LogP contribution is 2.21. The Bertz CT molecular complexity index is 1110. The molecule has 0 spiro atoms. The highest BCUT2D eigenvalue weighted by Gasteiger charge is 2.29. The first kappa shape index (κ1) is 24.9. The summed E-state index contributed by atoms with van der Waals surface area (Å²) in [5.41, 5.74) is 2.70. The van der Waals surface area contributed by atoms with Crippen LogP contribution in [0.25, 0.3) is 0 Å². The fourth-order valence-corrected chi connectivity index (χ4v) is 5.13. The van der Waals surface area contributed by atoms with E-state index < -0.39 is 0 Å². The van der Waals surface area contributed by atoms with E-state index in [0.29, 0.717) is 26.1 Å². The molecule has 0 atom stereocenters. The first-order chi connectivity index (χ1) is 17.0. The molecule has 0 N–H and O–H groups in total. The maximum atomic E-state index is 13.2. The molecule has 2 heterocycles. The van der Waals surface area contributed by atoms with Gasteiger partial charge in [-0.1, -0.05) is 42.8 Å². The van der Waals surface area contributed by atoms with E-state index in [2.05, 4.69) is 11.9 Å². The van der Waals surface area contributed by atoms with Crippen molar-refractivity contribution in [2.45, 2.75) is 52.2 Å².